The first-order valence-corrected chi connectivity index (χ1v) is 11.6. The predicted octanol–water partition coefficient (Wildman–Crippen LogP) is 2.31. The third kappa shape index (κ3) is 6.21. The zero-order valence-corrected chi connectivity index (χ0v) is 18.8. The first kappa shape index (κ1) is 23.7. The van der Waals surface area contributed by atoms with E-state index >= 15 is 0 Å². The molecule has 0 aliphatic carbocycles. The molecule has 0 aliphatic heterocycles. The highest BCUT2D eigenvalue weighted by Gasteiger charge is 2.30. The van der Waals surface area contributed by atoms with Gasteiger partial charge in [-0.3, -0.25) is 13.9 Å². The van der Waals surface area contributed by atoms with Crippen molar-refractivity contribution in [1.82, 2.24) is 10.2 Å². The average molecular weight is 452 g/mol. The molecule has 0 aliphatic rings. The summed E-state index contributed by atoms with van der Waals surface area (Å²) >= 11 is 6.17. The summed E-state index contributed by atoms with van der Waals surface area (Å²) in [5.41, 5.74) is 1.22. The van der Waals surface area contributed by atoms with Crippen LogP contribution in [-0.2, 0) is 26.0 Å². The van der Waals surface area contributed by atoms with Crippen LogP contribution in [0.5, 0.6) is 0 Å². The van der Waals surface area contributed by atoms with Gasteiger partial charge in [-0.05, 0) is 31.0 Å². The van der Waals surface area contributed by atoms with Crippen molar-refractivity contribution in [1.29, 1.82) is 0 Å². The molecule has 2 aromatic rings. The Morgan fingerprint density at radius 2 is 1.67 bits per heavy atom. The number of nitrogens with zero attached hydrogens (tertiary/aromatic N) is 2. The Morgan fingerprint density at radius 3 is 2.23 bits per heavy atom. The van der Waals surface area contributed by atoms with Crippen LogP contribution in [0.1, 0.15) is 12.5 Å². The Bertz CT molecular complexity index is 983. The lowest BCUT2D eigenvalue weighted by molar-refractivity contribution is -0.138. The average Bonchev–Trinajstić information content (AvgIpc) is 2.72. The van der Waals surface area contributed by atoms with E-state index < -0.39 is 28.5 Å². The molecule has 2 aromatic carbocycles. The van der Waals surface area contributed by atoms with Crippen molar-refractivity contribution in [2.45, 2.75) is 19.4 Å². The minimum absolute atomic E-state index is 0.214. The SMILES string of the molecule is CNC(=O)[C@@H](C)N(CCc1ccccc1)C(=O)CN(c1ccccc1Cl)S(C)(=O)=O. The summed E-state index contributed by atoms with van der Waals surface area (Å²) in [6.45, 7) is 1.41. The molecule has 0 saturated heterocycles. The number of amides is 2. The van der Waals surface area contributed by atoms with Crippen molar-refractivity contribution in [2.75, 3.05) is 30.7 Å². The molecule has 0 aromatic heterocycles. The minimum Gasteiger partial charge on any atom is -0.357 e. The van der Waals surface area contributed by atoms with Crippen LogP contribution in [0.2, 0.25) is 5.02 Å². The number of likely N-dealkylation sites (N-methyl/N-ethyl adjacent to an activating group) is 1. The number of carbonyl (C=O) groups excluding carboxylic acids is 2. The summed E-state index contributed by atoms with van der Waals surface area (Å²) in [6.07, 6.45) is 1.54. The van der Waals surface area contributed by atoms with Crippen LogP contribution in [0.25, 0.3) is 0 Å². The number of anilines is 1. The Balaban J connectivity index is 2.30. The molecule has 30 heavy (non-hydrogen) atoms. The molecule has 7 nitrogen and oxygen atoms in total. The first-order chi connectivity index (χ1) is 14.1. The summed E-state index contributed by atoms with van der Waals surface area (Å²) < 4.78 is 25.8. The second kappa shape index (κ2) is 10.4. The van der Waals surface area contributed by atoms with Gasteiger partial charge in [-0.25, -0.2) is 8.42 Å². The number of para-hydroxylation sites is 1. The van der Waals surface area contributed by atoms with E-state index in [1.807, 2.05) is 30.3 Å². The number of nitrogens with one attached hydrogen (secondary N) is 1. The minimum atomic E-state index is -3.79. The number of benzene rings is 2. The zero-order chi connectivity index (χ0) is 22.3. The topological polar surface area (TPSA) is 86.8 Å². The van der Waals surface area contributed by atoms with Crippen molar-refractivity contribution in [3.05, 3.63) is 65.2 Å². The standard InChI is InChI=1S/C21H26ClN3O4S/c1-16(21(27)23-2)24(14-13-17-9-5-4-6-10-17)20(26)15-25(30(3,28)29)19-12-8-7-11-18(19)22/h4-12,16H,13-15H2,1-3H3,(H,23,27)/t16-/m1/s1. The highest BCUT2D eigenvalue weighted by molar-refractivity contribution is 7.92. The molecular weight excluding hydrogens is 426 g/mol. The van der Waals surface area contributed by atoms with Gasteiger partial charge in [0.2, 0.25) is 21.8 Å². The monoisotopic (exact) mass is 451 g/mol. The summed E-state index contributed by atoms with van der Waals surface area (Å²) in [5, 5.41) is 2.75. The van der Waals surface area contributed by atoms with Crippen molar-refractivity contribution in [3.8, 4) is 0 Å². The van der Waals surface area contributed by atoms with Crippen molar-refractivity contribution >= 4 is 39.1 Å². The van der Waals surface area contributed by atoms with E-state index in [1.165, 1.54) is 18.0 Å². The van der Waals surface area contributed by atoms with Crippen LogP contribution in [0.3, 0.4) is 0 Å². The van der Waals surface area contributed by atoms with E-state index in [0.717, 1.165) is 16.1 Å². The van der Waals surface area contributed by atoms with E-state index in [1.54, 1.807) is 25.1 Å². The fourth-order valence-corrected chi connectivity index (χ4v) is 4.18. The summed E-state index contributed by atoms with van der Waals surface area (Å²) in [4.78, 5) is 26.8. The molecule has 0 fully saturated rings. The first-order valence-electron chi connectivity index (χ1n) is 9.42. The van der Waals surface area contributed by atoms with Crippen LogP contribution < -0.4 is 9.62 Å². The lowest BCUT2D eigenvalue weighted by Gasteiger charge is -2.31. The molecule has 1 atom stereocenters. The molecule has 0 unspecified atom stereocenters. The van der Waals surface area contributed by atoms with E-state index in [9.17, 15) is 18.0 Å². The van der Waals surface area contributed by atoms with E-state index in [2.05, 4.69) is 5.32 Å². The van der Waals surface area contributed by atoms with Crippen LogP contribution in [0.4, 0.5) is 5.69 Å². The number of hydrogen-bond donors (Lipinski definition) is 1. The largest absolute Gasteiger partial charge is 0.357 e. The molecule has 2 amide bonds. The summed E-state index contributed by atoms with van der Waals surface area (Å²) in [5.74, 6) is -0.826. The molecule has 2 rings (SSSR count). The van der Waals surface area contributed by atoms with Crippen LogP contribution in [0.15, 0.2) is 54.6 Å². The van der Waals surface area contributed by atoms with E-state index in [4.69, 9.17) is 11.6 Å². The second-order valence-electron chi connectivity index (χ2n) is 6.83. The van der Waals surface area contributed by atoms with Gasteiger partial charge in [0.1, 0.15) is 12.6 Å². The fourth-order valence-electron chi connectivity index (χ4n) is 3.03. The smallest absolute Gasteiger partial charge is 0.244 e. The summed E-state index contributed by atoms with van der Waals surface area (Å²) in [7, 11) is -2.30. The number of carbonyl (C=O) groups is 2. The fraction of sp³-hybridized carbons (Fsp3) is 0.333. The lowest BCUT2D eigenvalue weighted by Crippen LogP contribution is -2.51. The van der Waals surface area contributed by atoms with Gasteiger partial charge in [-0.1, -0.05) is 54.1 Å². The molecule has 1 N–H and O–H groups in total. The Labute approximate surface area is 182 Å². The summed E-state index contributed by atoms with van der Waals surface area (Å²) in [6, 6.07) is 15.2. The number of halogens is 1. The Morgan fingerprint density at radius 1 is 1.07 bits per heavy atom. The maximum absolute atomic E-state index is 13.2. The molecule has 0 bridgehead atoms. The number of sulfonamides is 1. The van der Waals surface area contributed by atoms with Crippen molar-refractivity contribution in [2.24, 2.45) is 0 Å². The van der Waals surface area contributed by atoms with E-state index in [-0.39, 0.29) is 23.2 Å². The van der Waals surface area contributed by atoms with Gasteiger partial charge in [0, 0.05) is 13.6 Å². The van der Waals surface area contributed by atoms with Gasteiger partial charge in [0.15, 0.2) is 0 Å². The number of rotatable bonds is 9. The van der Waals surface area contributed by atoms with Crippen LogP contribution in [-0.4, -0.2) is 57.6 Å². The van der Waals surface area contributed by atoms with Crippen LogP contribution in [0, 0.1) is 0 Å². The van der Waals surface area contributed by atoms with Gasteiger partial charge in [0.05, 0.1) is 17.0 Å². The molecule has 162 valence electrons. The quantitative estimate of drug-likeness (QED) is 0.633. The van der Waals surface area contributed by atoms with Crippen molar-refractivity contribution in [3.63, 3.8) is 0 Å². The predicted molar refractivity (Wildman–Crippen MR) is 119 cm³/mol. The second-order valence-corrected chi connectivity index (χ2v) is 9.15. The molecule has 0 heterocycles. The third-order valence-corrected chi connectivity index (χ3v) is 6.14. The molecule has 0 saturated carbocycles. The number of hydrogen-bond acceptors (Lipinski definition) is 4. The van der Waals surface area contributed by atoms with Crippen molar-refractivity contribution < 1.29 is 18.0 Å². The Kier molecular flexibility index (Phi) is 8.25. The molecule has 0 radical (unpaired) electrons. The third-order valence-electron chi connectivity index (χ3n) is 4.70. The highest BCUT2D eigenvalue weighted by Crippen LogP contribution is 2.27. The van der Waals surface area contributed by atoms with Gasteiger partial charge in [-0.15, -0.1) is 0 Å². The maximum Gasteiger partial charge on any atom is 0.244 e. The van der Waals surface area contributed by atoms with E-state index in [0.29, 0.717) is 6.42 Å². The molecule has 0 spiro atoms. The molecule has 9 heteroatoms. The molecular formula is C21H26ClN3O4S. The van der Waals surface area contributed by atoms with Crippen LogP contribution >= 0.6 is 11.6 Å². The van der Waals surface area contributed by atoms with Gasteiger partial charge >= 0.3 is 0 Å². The zero-order valence-electron chi connectivity index (χ0n) is 17.2. The highest BCUT2D eigenvalue weighted by atomic mass is 35.5. The van der Waals surface area contributed by atoms with Gasteiger partial charge in [0.25, 0.3) is 0 Å². The van der Waals surface area contributed by atoms with Gasteiger partial charge in [-0.2, -0.15) is 0 Å². The van der Waals surface area contributed by atoms with Gasteiger partial charge < -0.3 is 10.2 Å². The lowest BCUT2D eigenvalue weighted by atomic mass is 10.1. The maximum atomic E-state index is 13.2. The normalized spacial score (nSPS) is 12.1. The Hall–Kier alpha value is -2.58.